The molecule has 3 saturated heterocycles. The molecule has 111 heavy (non-hydrogen) atoms. The lowest BCUT2D eigenvalue weighted by Crippen LogP contribution is -2.64. The Morgan fingerprint density at radius 3 is 1.02 bits per heavy atom. The highest BCUT2D eigenvalue weighted by atomic mass is 31.2. The summed E-state index contributed by atoms with van der Waals surface area (Å²) in [7, 11) is -19.6. The Kier molecular flexibility index (Phi) is 55.3. The van der Waals surface area contributed by atoms with Crippen LogP contribution >= 0.6 is 31.3 Å². The number of nitrogens with one attached hydrogen (secondary N) is 1. The van der Waals surface area contributed by atoms with Crippen molar-refractivity contribution in [1.82, 2.24) is 5.32 Å². The maximum atomic E-state index is 13.4. The molecule has 0 bridgehead atoms. The fraction of sp³-hybridized carbons (Fsp3) is 0.985. The van der Waals surface area contributed by atoms with Crippen LogP contribution in [0.15, 0.2) is 0 Å². The summed E-state index contributed by atoms with van der Waals surface area (Å²) in [5.41, 5.74) is -1.56. The van der Waals surface area contributed by atoms with Gasteiger partial charge in [0.2, 0.25) is 5.91 Å². The van der Waals surface area contributed by atoms with Gasteiger partial charge in [-0.05, 0) is 84.5 Å². The molecule has 1 amide bonds. The zero-order valence-corrected chi connectivity index (χ0v) is 68.4. The van der Waals surface area contributed by atoms with E-state index in [1.54, 1.807) is 13.8 Å². The summed E-state index contributed by atoms with van der Waals surface area (Å²) in [6.07, 6.45) is -7.27. The summed E-state index contributed by atoms with van der Waals surface area (Å²) >= 11 is 0. The average Bonchev–Trinajstić information content (AvgIpc) is 0.821. The van der Waals surface area contributed by atoms with Crippen LogP contribution in [0.5, 0.6) is 0 Å². The Balaban J connectivity index is 1.61. The third kappa shape index (κ3) is 45.3. The van der Waals surface area contributed by atoms with Crippen LogP contribution < -0.4 is 24.9 Å². The first-order valence-electron chi connectivity index (χ1n) is 38.4. The average molecular weight is 1700 g/mol. The van der Waals surface area contributed by atoms with E-state index in [9.17, 15) is 93.7 Å². The number of hydrogen-bond donors (Lipinski definition) is 11. The Morgan fingerprint density at radius 2 is 0.685 bits per heavy atom. The monoisotopic (exact) mass is 1700 g/mol. The van der Waals surface area contributed by atoms with Gasteiger partial charge in [0.1, 0.15) is 48.8 Å². The first-order valence-corrected chi connectivity index (χ1v) is 44.2. The number of phosphoric acid groups is 4. The summed E-state index contributed by atoms with van der Waals surface area (Å²) in [6, 6.07) is -1.11. The van der Waals surface area contributed by atoms with Crippen LogP contribution in [0.4, 0.5) is 0 Å². The quantitative estimate of drug-likeness (QED) is 0.0279. The molecule has 20 atom stereocenters. The molecule has 0 saturated carbocycles. The van der Waals surface area contributed by atoms with Crippen molar-refractivity contribution >= 4 is 37.2 Å². The SMILES string of the molecule is CC(=O)N[C@H]1C(O)[C@@H](O)C(CO)O[C@H]1OCCCCCCOP(=O)([O-])OCCCOCC(COCCCOP(=O)([O-])OCCCCCCO[C@@H]1OC(CO)[C@H](O)C(O)[C@@H]1C)(COCCCOP(=O)([O-])OCCCCCCO[C@@H]1OC(CO)[C@H](O)C(O)[C@@H]1C)COP(=O)([O-])OCCCOCC(CO)COCCCOC(C)C. The standard InChI is InChI=1S/C67H133NO39P4/c1-49(2)93-31-18-23-88-43-53(39-69)44-89-24-19-35-103-111(86,87)104-48-67(45-90-25-20-36-100-108(80,81)97-32-15-9-6-12-28-94-64-50(3)58(74)60(76)54(40-70)105-64,46-91-26-21-37-101-109(82,83)98-33-16-10-7-13-29-95-65-51(4)59(75)61(77)55(41-71)106-65)47-92-27-22-38-102-110(84,85)99-34-17-11-8-14-30-96-66-57(68-52(5)73)63(79)62(78)56(42-72)107-66/h49-51,53-66,69-72,74-79H,6-48H2,1-5H3,(H,68,73)(H,80,81)(H,82,83)(H,84,85)(H,86,87)/p-4/t50-,51-,53?,54?,55?,56?,57-,58?,59?,60-,61-,62-,63?,64+,65+,66+,67?/m0/s1. The number of aliphatic hydroxyl groups is 10. The topological polar surface area (TPSA) is 577 Å². The fourth-order valence-electron chi connectivity index (χ4n) is 11.2. The zero-order chi connectivity index (χ0) is 82.1. The van der Waals surface area contributed by atoms with Crippen molar-refractivity contribution in [2.24, 2.45) is 23.2 Å². The minimum absolute atomic E-state index is 0.0353. The molecular formula is C67H129NO39P4-4. The number of carbonyl (C=O) groups excluding carboxylic acids is 1. The molecule has 0 aromatic heterocycles. The highest BCUT2D eigenvalue weighted by Gasteiger charge is 2.46. The summed E-state index contributed by atoms with van der Waals surface area (Å²) in [4.78, 5) is 63.3. The number of carbonyl (C=O) groups is 1. The Bertz CT molecular complexity index is 2480. The van der Waals surface area contributed by atoms with Gasteiger partial charge in [-0.3, -0.25) is 23.1 Å². The fourth-order valence-corrected chi connectivity index (χ4v) is 14.4. The Labute approximate surface area is 651 Å². The molecule has 3 fully saturated rings. The van der Waals surface area contributed by atoms with Gasteiger partial charge in [-0.15, -0.1) is 0 Å². The first-order chi connectivity index (χ1) is 52.8. The molecule has 3 rings (SSSR count). The van der Waals surface area contributed by atoms with Gasteiger partial charge in [0, 0.05) is 84.1 Å². The van der Waals surface area contributed by atoms with E-state index in [4.69, 9.17) is 93.0 Å². The normalized spacial score (nSPS) is 27.6. The van der Waals surface area contributed by atoms with Crippen LogP contribution in [0.25, 0.3) is 0 Å². The third-order valence-electron chi connectivity index (χ3n) is 17.7. The highest BCUT2D eigenvalue weighted by Crippen LogP contribution is 2.43. The summed E-state index contributed by atoms with van der Waals surface area (Å²) in [5, 5.41) is 102. The van der Waals surface area contributed by atoms with Crippen LogP contribution in [-0.4, -0.2) is 315 Å². The van der Waals surface area contributed by atoms with Gasteiger partial charge in [0.05, 0.1) is 136 Å². The Hall–Kier alpha value is -0.970. The van der Waals surface area contributed by atoms with Gasteiger partial charge in [-0.1, -0.05) is 52.4 Å². The molecular weight excluding hydrogens is 1570 g/mol. The minimum atomic E-state index is -5.15. The second-order valence-corrected chi connectivity index (χ2v) is 33.5. The van der Waals surface area contributed by atoms with Gasteiger partial charge < -0.3 is 169 Å². The highest BCUT2D eigenvalue weighted by molar-refractivity contribution is 7.46. The molecule has 11 N–H and O–H groups in total. The van der Waals surface area contributed by atoms with Gasteiger partial charge in [-0.25, -0.2) is 0 Å². The summed E-state index contributed by atoms with van der Waals surface area (Å²) in [6.45, 7) is 3.59. The number of aliphatic hydroxyl groups excluding tert-OH is 10. The molecule has 0 aromatic carbocycles. The number of ether oxygens (including phenoxy) is 12. The zero-order valence-electron chi connectivity index (χ0n) is 64.8. The molecule has 3 aliphatic rings. The van der Waals surface area contributed by atoms with E-state index < -0.39 is 200 Å². The molecule has 44 heteroatoms. The lowest BCUT2D eigenvalue weighted by atomic mass is 9.92. The van der Waals surface area contributed by atoms with Crippen molar-refractivity contribution in [3.8, 4) is 0 Å². The number of phosphoric ester groups is 4. The van der Waals surface area contributed by atoms with E-state index in [1.807, 2.05) is 13.8 Å². The van der Waals surface area contributed by atoms with Crippen molar-refractivity contribution in [2.75, 3.05) is 172 Å². The summed E-state index contributed by atoms with van der Waals surface area (Å²) < 4.78 is 161. The van der Waals surface area contributed by atoms with Crippen LogP contribution in [-0.2, 0) is 116 Å². The van der Waals surface area contributed by atoms with Crippen molar-refractivity contribution in [2.45, 2.75) is 230 Å². The van der Waals surface area contributed by atoms with E-state index in [0.717, 1.165) is 0 Å². The lowest BCUT2D eigenvalue weighted by molar-refractivity contribution is -0.282. The van der Waals surface area contributed by atoms with E-state index in [2.05, 4.69) is 5.32 Å². The second kappa shape index (κ2) is 58.9. The molecule has 40 nitrogen and oxygen atoms in total. The van der Waals surface area contributed by atoms with Gasteiger partial charge in [0.25, 0.3) is 31.3 Å². The molecule has 11 unspecified atom stereocenters. The first kappa shape index (κ1) is 104. The van der Waals surface area contributed by atoms with E-state index >= 15 is 0 Å². The number of hydrogen-bond acceptors (Lipinski definition) is 39. The predicted molar refractivity (Wildman–Crippen MR) is 382 cm³/mol. The van der Waals surface area contributed by atoms with Gasteiger partial charge in [0.15, 0.2) is 18.9 Å². The maximum absolute atomic E-state index is 13.4. The van der Waals surface area contributed by atoms with Crippen molar-refractivity contribution in [1.29, 1.82) is 0 Å². The van der Waals surface area contributed by atoms with E-state index in [-0.39, 0.29) is 137 Å². The van der Waals surface area contributed by atoms with Gasteiger partial charge >= 0.3 is 0 Å². The van der Waals surface area contributed by atoms with Crippen LogP contribution in [0.2, 0.25) is 0 Å². The van der Waals surface area contributed by atoms with Crippen molar-refractivity contribution < 1.29 is 187 Å². The smallest absolute Gasteiger partial charge is 0.267 e. The molecule has 3 heterocycles. The molecule has 0 aromatic rings. The summed E-state index contributed by atoms with van der Waals surface area (Å²) in [5.74, 6) is -1.98. The molecule has 660 valence electrons. The minimum Gasteiger partial charge on any atom is -0.756 e. The lowest BCUT2D eigenvalue weighted by Gasteiger charge is -2.42. The number of rotatable bonds is 70. The predicted octanol–water partition coefficient (Wildman–Crippen LogP) is -0.129. The van der Waals surface area contributed by atoms with Crippen LogP contribution in [0, 0.1) is 23.2 Å². The largest absolute Gasteiger partial charge is 0.756 e. The van der Waals surface area contributed by atoms with E-state index in [1.165, 1.54) is 6.92 Å². The second-order valence-electron chi connectivity index (χ2n) is 27.9. The molecule has 0 radical (unpaired) electrons. The molecule has 0 aliphatic carbocycles. The molecule has 3 aliphatic heterocycles. The third-order valence-corrected chi connectivity index (χ3v) is 21.6. The van der Waals surface area contributed by atoms with E-state index in [0.29, 0.717) is 90.3 Å². The van der Waals surface area contributed by atoms with Crippen molar-refractivity contribution in [3.05, 3.63) is 0 Å². The van der Waals surface area contributed by atoms with Gasteiger partial charge in [-0.2, -0.15) is 0 Å². The van der Waals surface area contributed by atoms with Crippen LogP contribution in [0.1, 0.15) is 144 Å². The molecule has 0 spiro atoms. The number of unbranched alkanes of at least 4 members (excludes halogenated alkanes) is 9. The van der Waals surface area contributed by atoms with Crippen LogP contribution in [0.3, 0.4) is 0 Å². The number of amides is 1. The van der Waals surface area contributed by atoms with Crippen molar-refractivity contribution in [3.63, 3.8) is 0 Å². The Morgan fingerprint density at radius 1 is 0.387 bits per heavy atom. The maximum Gasteiger partial charge on any atom is 0.267 e.